The summed E-state index contributed by atoms with van der Waals surface area (Å²) in [5, 5.41) is 8.79. The predicted molar refractivity (Wildman–Crippen MR) is 122 cm³/mol. The monoisotopic (exact) mass is 408 g/mol. The van der Waals surface area contributed by atoms with Crippen LogP contribution in [0.4, 0.5) is 0 Å². The highest BCUT2D eigenvalue weighted by Gasteiger charge is 2.38. The summed E-state index contributed by atoms with van der Waals surface area (Å²) in [6, 6.07) is 31.3. The lowest BCUT2D eigenvalue weighted by Gasteiger charge is -2.37. The van der Waals surface area contributed by atoms with E-state index in [1.54, 1.807) is 6.08 Å². The van der Waals surface area contributed by atoms with Crippen LogP contribution >= 0.6 is 0 Å². The lowest BCUT2D eigenvalue weighted by molar-refractivity contribution is -0.131. The highest BCUT2D eigenvalue weighted by molar-refractivity contribution is 5.79. The molecule has 3 aromatic carbocycles. The molecule has 1 aromatic heterocycles. The van der Waals surface area contributed by atoms with Crippen LogP contribution in [0.3, 0.4) is 0 Å². The van der Waals surface area contributed by atoms with Gasteiger partial charge in [0.2, 0.25) is 0 Å². The molecule has 0 saturated carbocycles. The molecule has 0 aliphatic heterocycles. The molecule has 154 valence electrons. The molecule has 4 aromatic rings. The number of rotatable bonds is 8. The third-order valence-corrected chi connectivity index (χ3v) is 5.43. The number of nitrogens with zero attached hydrogens (tertiary/aromatic N) is 2. The zero-order chi connectivity index (χ0) is 21.5. The number of hydrogen-bond acceptors (Lipinski definition) is 2. The van der Waals surface area contributed by atoms with Gasteiger partial charge in [0.15, 0.2) is 0 Å². The zero-order valence-corrected chi connectivity index (χ0v) is 17.1. The first-order valence-electron chi connectivity index (χ1n) is 10.3. The lowest BCUT2D eigenvalue weighted by atomic mass is 9.77. The number of allylic oxidation sites excluding steroid dienone is 1. The SMILES string of the molecule is O=C(O)C=CCCc1cn(C(c2ccccc2)(c2ccccc2)c2ccccc2)cn1. The van der Waals surface area contributed by atoms with Crippen LogP contribution in [0.2, 0.25) is 0 Å². The number of carboxylic acid groups (broad SMARTS) is 1. The molecular weight excluding hydrogens is 384 g/mol. The minimum Gasteiger partial charge on any atom is -0.478 e. The molecule has 0 bridgehead atoms. The second-order valence-corrected chi connectivity index (χ2v) is 7.36. The molecule has 0 spiro atoms. The van der Waals surface area contributed by atoms with Crippen LogP contribution < -0.4 is 0 Å². The minimum absolute atomic E-state index is 0.577. The summed E-state index contributed by atoms with van der Waals surface area (Å²) < 4.78 is 2.17. The molecule has 0 saturated heterocycles. The van der Waals surface area contributed by atoms with Crippen molar-refractivity contribution in [2.24, 2.45) is 0 Å². The molecular formula is C27H24N2O2. The Hall–Kier alpha value is -3.92. The minimum atomic E-state index is -0.929. The number of aryl methyl sites for hydroxylation is 1. The molecule has 4 heteroatoms. The highest BCUT2D eigenvalue weighted by atomic mass is 16.4. The van der Waals surface area contributed by atoms with Gasteiger partial charge in [-0.1, -0.05) is 97.1 Å². The Morgan fingerprint density at radius 3 is 1.77 bits per heavy atom. The van der Waals surface area contributed by atoms with Crippen LogP contribution in [0.1, 0.15) is 28.8 Å². The van der Waals surface area contributed by atoms with Gasteiger partial charge in [0.1, 0.15) is 5.54 Å². The topological polar surface area (TPSA) is 55.1 Å². The molecule has 0 aliphatic carbocycles. The molecule has 0 aliphatic rings. The van der Waals surface area contributed by atoms with Gasteiger partial charge in [-0.15, -0.1) is 0 Å². The van der Waals surface area contributed by atoms with Crippen LogP contribution in [0.15, 0.2) is 116 Å². The molecule has 1 heterocycles. The van der Waals surface area contributed by atoms with Crippen molar-refractivity contribution < 1.29 is 9.90 Å². The Labute approximate surface area is 182 Å². The van der Waals surface area contributed by atoms with Crippen molar-refractivity contribution in [3.63, 3.8) is 0 Å². The van der Waals surface area contributed by atoms with Gasteiger partial charge in [-0.05, 0) is 29.5 Å². The van der Waals surface area contributed by atoms with Crippen molar-refractivity contribution in [2.75, 3.05) is 0 Å². The third-order valence-electron chi connectivity index (χ3n) is 5.43. The fraction of sp³-hybridized carbons (Fsp3) is 0.111. The molecule has 0 fully saturated rings. The standard InChI is InChI=1S/C27H24N2O2/c30-26(31)19-11-10-18-25-20-29(21-28-25)27(22-12-4-1-5-13-22,23-14-6-2-7-15-23)24-16-8-3-9-17-24/h1-9,11-17,19-21H,10,18H2,(H,30,31). The van der Waals surface area contributed by atoms with Crippen molar-refractivity contribution in [1.82, 2.24) is 9.55 Å². The van der Waals surface area contributed by atoms with Gasteiger partial charge in [0, 0.05) is 12.3 Å². The summed E-state index contributed by atoms with van der Waals surface area (Å²) in [5.41, 5.74) is 3.76. The molecule has 31 heavy (non-hydrogen) atoms. The van der Waals surface area contributed by atoms with Crippen LogP contribution in [-0.2, 0) is 16.8 Å². The molecule has 0 atom stereocenters. The molecule has 4 nitrogen and oxygen atoms in total. The Morgan fingerprint density at radius 2 is 1.32 bits per heavy atom. The summed E-state index contributed by atoms with van der Waals surface area (Å²) in [4.78, 5) is 15.4. The molecule has 0 unspecified atom stereocenters. The second-order valence-electron chi connectivity index (χ2n) is 7.36. The number of benzene rings is 3. The Morgan fingerprint density at radius 1 is 0.839 bits per heavy atom. The van der Waals surface area contributed by atoms with Crippen LogP contribution in [-0.4, -0.2) is 20.6 Å². The summed E-state index contributed by atoms with van der Waals surface area (Å²) in [5.74, 6) is -0.929. The first kappa shape index (κ1) is 20.4. The van der Waals surface area contributed by atoms with E-state index in [9.17, 15) is 4.79 Å². The van der Waals surface area contributed by atoms with Gasteiger partial charge in [-0.2, -0.15) is 0 Å². The average molecular weight is 409 g/mol. The number of carbonyl (C=O) groups is 1. The Balaban J connectivity index is 1.87. The molecule has 1 N–H and O–H groups in total. The van der Waals surface area contributed by atoms with Crippen LogP contribution in [0, 0.1) is 0 Å². The second kappa shape index (κ2) is 9.26. The van der Waals surface area contributed by atoms with E-state index >= 15 is 0 Å². The van der Waals surface area contributed by atoms with Crippen molar-refractivity contribution in [3.05, 3.63) is 138 Å². The van der Waals surface area contributed by atoms with Crippen molar-refractivity contribution in [3.8, 4) is 0 Å². The maximum absolute atomic E-state index is 10.7. The molecule has 0 amide bonds. The first-order valence-corrected chi connectivity index (χ1v) is 10.3. The van der Waals surface area contributed by atoms with Gasteiger partial charge >= 0.3 is 5.97 Å². The summed E-state index contributed by atoms with van der Waals surface area (Å²) in [7, 11) is 0. The van der Waals surface area contributed by atoms with Crippen molar-refractivity contribution >= 4 is 5.97 Å². The number of aliphatic carboxylic acids is 1. The first-order chi connectivity index (χ1) is 15.2. The number of imidazole rings is 1. The maximum atomic E-state index is 10.7. The van der Waals surface area contributed by atoms with E-state index in [4.69, 9.17) is 5.11 Å². The lowest BCUT2D eigenvalue weighted by Crippen LogP contribution is -2.36. The fourth-order valence-corrected chi connectivity index (χ4v) is 4.08. The van der Waals surface area contributed by atoms with Gasteiger partial charge in [0.05, 0.1) is 12.0 Å². The van der Waals surface area contributed by atoms with E-state index in [1.165, 1.54) is 6.08 Å². The van der Waals surface area contributed by atoms with E-state index < -0.39 is 11.5 Å². The maximum Gasteiger partial charge on any atom is 0.327 e. The third kappa shape index (κ3) is 4.19. The van der Waals surface area contributed by atoms with Crippen molar-refractivity contribution in [1.29, 1.82) is 0 Å². The van der Waals surface area contributed by atoms with Gasteiger partial charge in [-0.3, -0.25) is 0 Å². The van der Waals surface area contributed by atoms with E-state index in [0.29, 0.717) is 12.8 Å². The molecule has 4 rings (SSSR count). The van der Waals surface area contributed by atoms with Crippen LogP contribution in [0.5, 0.6) is 0 Å². The molecule has 0 radical (unpaired) electrons. The van der Waals surface area contributed by atoms with Gasteiger partial charge in [-0.25, -0.2) is 9.78 Å². The summed E-state index contributed by atoms with van der Waals surface area (Å²) in [6.07, 6.45) is 8.09. The summed E-state index contributed by atoms with van der Waals surface area (Å²) >= 11 is 0. The largest absolute Gasteiger partial charge is 0.478 e. The van der Waals surface area contributed by atoms with E-state index in [2.05, 4.69) is 88.5 Å². The predicted octanol–water partition coefficient (Wildman–Crippen LogP) is 5.30. The zero-order valence-electron chi connectivity index (χ0n) is 17.1. The Kier molecular flexibility index (Phi) is 6.08. The number of aromatic nitrogens is 2. The van der Waals surface area contributed by atoms with E-state index in [1.807, 2.05) is 24.5 Å². The number of hydrogen-bond donors (Lipinski definition) is 1. The Bertz CT molecular complexity index is 1050. The fourth-order valence-electron chi connectivity index (χ4n) is 4.08. The quantitative estimate of drug-likeness (QED) is 0.318. The normalized spacial score (nSPS) is 11.6. The highest BCUT2D eigenvalue weighted by Crippen LogP contribution is 2.40. The smallest absolute Gasteiger partial charge is 0.327 e. The van der Waals surface area contributed by atoms with E-state index in [-0.39, 0.29) is 0 Å². The summed E-state index contributed by atoms with van der Waals surface area (Å²) in [6.45, 7) is 0. The number of carboxylic acids is 1. The van der Waals surface area contributed by atoms with Crippen molar-refractivity contribution in [2.45, 2.75) is 18.4 Å². The average Bonchev–Trinajstić information content (AvgIpc) is 3.28. The van der Waals surface area contributed by atoms with Gasteiger partial charge < -0.3 is 9.67 Å². The van der Waals surface area contributed by atoms with Crippen LogP contribution in [0.25, 0.3) is 0 Å². The van der Waals surface area contributed by atoms with E-state index in [0.717, 1.165) is 22.4 Å². The van der Waals surface area contributed by atoms with Gasteiger partial charge in [0.25, 0.3) is 0 Å².